The first-order valence-electron chi connectivity index (χ1n) is 4.45. The van der Waals surface area contributed by atoms with Gasteiger partial charge < -0.3 is 10.1 Å². The molecule has 0 saturated carbocycles. The third kappa shape index (κ3) is 3.01. The van der Waals surface area contributed by atoms with Crippen LogP contribution in [0.1, 0.15) is 13.8 Å². The Labute approximate surface area is 89.0 Å². The number of morpholine rings is 1. The lowest BCUT2D eigenvalue weighted by atomic mass is 10.0. The fraction of sp³-hybridized carbons (Fsp3) is 0.625. The van der Waals surface area contributed by atoms with Crippen molar-refractivity contribution in [3.8, 4) is 0 Å². The number of primary sulfonamides is 1. The lowest BCUT2D eigenvalue weighted by molar-refractivity contribution is -0.0116. The van der Waals surface area contributed by atoms with E-state index < -0.39 is 20.7 Å². The molecule has 7 heteroatoms. The third-order valence-electron chi connectivity index (χ3n) is 2.11. The van der Waals surface area contributed by atoms with Gasteiger partial charge in [-0.05, 0) is 19.9 Å². The quantitative estimate of drug-likeness (QED) is 0.420. The average molecular weight is 233 g/mol. The molecule has 0 unspecified atom stereocenters. The van der Waals surface area contributed by atoms with E-state index in [4.69, 9.17) is 15.3 Å². The molecular weight excluding hydrogens is 218 g/mol. The molecule has 0 aromatic carbocycles. The van der Waals surface area contributed by atoms with E-state index in [1.54, 1.807) is 13.8 Å². The Kier molecular flexibility index (Phi) is 3.17. The zero-order valence-corrected chi connectivity index (χ0v) is 9.52. The van der Waals surface area contributed by atoms with Gasteiger partial charge in [0.15, 0.2) is 5.04 Å². The van der Waals surface area contributed by atoms with Crippen LogP contribution in [-0.4, -0.2) is 32.2 Å². The van der Waals surface area contributed by atoms with E-state index in [0.717, 1.165) is 0 Å². The van der Waals surface area contributed by atoms with Crippen molar-refractivity contribution in [3.05, 3.63) is 11.8 Å². The Hall–Kier alpha value is -0.920. The molecule has 15 heavy (non-hydrogen) atoms. The summed E-state index contributed by atoms with van der Waals surface area (Å²) in [6.45, 7) is 4.73. The van der Waals surface area contributed by atoms with Crippen LogP contribution in [0.4, 0.5) is 0 Å². The van der Waals surface area contributed by atoms with Gasteiger partial charge in [0.2, 0.25) is 0 Å². The molecule has 0 aromatic rings. The summed E-state index contributed by atoms with van der Waals surface area (Å²) in [7, 11) is -3.94. The summed E-state index contributed by atoms with van der Waals surface area (Å²) in [5.74, 6) is 0. The SMILES string of the molecule is CC1(C)OCCN/C1=C\C(=N)S(N)(=O)=O. The van der Waals surface area contributed by atoms with Crippen LogP contribution < -0.4 is 10.5 Å². The van der Waals surface area contributed by atoms with Crippen LogP contribution in [0.5, 0.6) is 0 Å². The van der Waals surface area contributed by atoms with E-state index in [1.165, 1.54) is 6.08 Å². The van der Waals surface area contributed by atoms with Crippen molar-refractivity contribution in [2.45, 2.75) is 19.4 Å². The van der Waals surface area contributed by atoms with Crippen LogP contribution in [-0.2, 0) is 14.8 Å². The molecule has 1 aliphatic heterocycles. The second-order valence-electron chi connectivity index (χ2n) is 3.75. The molecule has 4 N–H and O–H groups in total. The number of rotatable bonds is 1. The van der Waals surface area contributed by atoms with Gasteiger partial charge in [-0.1, -0.05) is 0 Å². The van der Waals surface area contributed by atoms with Gasteiger partial charge in [0.25, 0.3) is 10.0 Å². The summed E-state index contributed by atoms with van der Waals surface area (Å²) >= 11 is 0. The number of hydrogen-bond donors (Lipinski definition) is 3. The molecule has 1 rings (SSSR count). The molecule has 0 aliphatic carbocycles. The van der Waals surface area contributed by atoms with E-state index in [0.29, 0.717) is 18.8 Å². The van der Waals surface area contributed by atoms with Gasteiger partial charge >= 0.3 is 0 Å². The van der Waals surface area contributed by atoms with Crippen LogP contribution in [0.25, 0.3) is 0 Å². The summed E-state index contributed by atoms with van der Waals surface area (Å²) in [6.07, 6.45) is 1.19. The summed E-state index contributed by atoms with van der Waals surface area (Å²) < 4.78 is 27.1. The highest BCUT2D eigenvalue weighted by Gasteiger charge is 2.28. The molecule has 1 heterocycles. The molecule has 0 radical (unpaired) electrons. The Morgan fingerprint density at radius 3 is 2.73 bits per heavy atom. The molecule has 1 saturated heterocycles. The van der Waals surface area contributed by atoms with Gasteiger partial charge in [0.05, 0.1) is 6.61 Å². The minimum Gasteiger partial charge on any atom is -0.384 e. The first kappa shape index (κ1) is 12.2. The van der Waals surface area contributed by atoms with Gasteiger partial charge in [-0.3, -0.25) is 5.41 Å². The molecule has 1 aliphatic rings. The Morgan fingerprint density at radius 2 is 2.27 bits per heavy atom. The highest BCUT2D eigenvalue weighted by Crippen LogP contribution is 2.21. The first-order valence-corrected chi connectivity index (χ1v) is 5.99. The first-order chi connectivity index (χ1) is 6.73. The van der Waals surface area contributed by atoms with Crippen molar-refractivity contribution in [2.24, 2.45) is 5.14 Å². The second-order valence-corrected chi connectivity index (χ2v) is 5.28. The molecule has 0 atom stereocenters. The van der Waals surface area contributed by atoms with Gasteiger partial charge in [-0.25, -0.2) is 13.6 Å². The number of ether oxygens (including phenoxy) is 1. The molecule has 0 bridgehead atoms. The topological polar surface area (TPSA) is 105 Å². The van der Waals surface area contributed by atoms with Crippen molar-refractivity contribution in [3.63, 3.8) is 0 Å². The lowest BCUT2D eigenvalue weighted by Crippen LogP contribution is -2.44. The van der Waals surface area contributed by atoms with Gasteiger partial charge in [0.1, 0.15) is 5.60 Å². The number of nitrogens with one attached hydrogen (secondary N) is 2. The molecule has 6 nitrogen and oxygen atoms in total. The minimum atomic E-state index is -3.94. The zero-order valence-electron chi connectivity index (χ0n) is 8.70. The van der Waals surface area contributed by atoms with Crippen LogP contribution in [0.15, 0.2) is 11.8 Å². The zero-order chi connectivity index (χ0) is 11.7. The van der Waals surface area contributed by atoms with Gasteiger partial charge in [-0.15, -0.1) is 0 Å². The van der Waals surface area contributed by atoms with Crippen LogP contribution >= 0.6 is 0 Å². The summed E-state index contributed by atoms with van der Waals surface area (Å²) in [5, 5.41) is 14.5. The van der Waals surface area contributed by atoms with E-state index in [2.05, 4.69) is 5.32 Å². The Bertz CT molecular complexity index is 397. The summed E-state index contributed by atoms with van der Waals surface area (Å²) in [5.41, 5.74) is -0.0670. The summed E-state index contributed by atoms with van der Waals surface area (Å²) in [4.78, 5) is 0. The molecular formula is C8H15N3O3S. The van der Waals surface area contributed by atoms with Crippen molar-refractivity contribution in [1.82, 2.24) is 5.32 Å². The van der Waals surface area contributed by atoms with Crippen molar-refractivity contribution in [2.75, 3.05) is 13.2 Å². The lowest BCUT2D eigenvalue weighted by Gasteiger charge is -2.34. The minimum absolute atomic E-state index is 0.549. The maximum atomic E-state index is 10.9. The van der Waals surface area contributed by atoms with Gasteiger partial charge in [-0.2, -0.15) is 0 Å². The maximum absolute atomic E-state index is 10.9. The standard InChI is InChI=1S/C8H15N3O3S/c1-8(2)6(11-3-4-14-8)5-7(9)15(10,12)13/h5,9,11H,3-4H2,1-2H3,(H2,10,12,13)/b6-5-,9-7?. The number of hydrogen-bond acceptors (Lipinski definition) is 5. The van der Waals surface area contributed by atoms with Crippen molar-refractivity contribution >= 4 is 15.1 Å². The van der Waals surface area contributed by atoms with Crippen LogP contribution in [0.2, 0.25) is 0 Å². The van der Waals surface area contributed by atoms with E-state index in [9.17, 15) is 8.42 Å². The number of nitrogens with two attached hydrogens (primary N) is 1. The highest BCUT2D eigenvalue weighted by atomic mass is 32.2. The predicted molar refractivity (Wildman–Crippen MR) is 57.0 cm³/mol. The summed E-state index contributed by atoms with van der Waals surface area (Å²) in [6, 6.07) is 0. The molecule has 0 spiro atoms. The van der Waals surface area contributed by atoms with Crippen molar-refractivity contribution < 1.29 is 13.2 Å². The fourth-order valence-electron chi connectivity index (χ4n) is 1.22. The van der Waals surface area contributed by atoms with E-state index in [1.807, 2.05) is 0 Å². The second kappa shape index (κ2) is 3.92. The van der Waals surface area contributed by atoms with Crippen LogP contribution in [0, 0.1) is 5.41 Å². The average Bonchev–Trinajstić information content (AvgIpc) is 2.06. The normalized spacial score (nSPS) is 23.5. The highest BCUT2D eigenvalue weighted by molar-refractivity contribution is 8.04. The molecule has 0 amide bonds. The smallest absolute Gasteiger partial charge is 0.254 e. The van der Waals surface area contributed by atoms with Crippen molar-refractivity contribution in [1.29, 1.82) is 5.41 Å². The third-order valence-corrected chi connectivity index (χ3v) is 2.84. The molecule has 0 aromatic heterocycles. The van der Waals surface area contributed by atoms with Crippen LogP contribution in [0.3, 0.4) is 0 Å². The van der Waals surface area contributed by atoms with E-state index >= 15 is 0 Å². The maximum Gasteiger partial charge on any atom is 0.254 e. The Morgan fingerprint density at radius 1 is 1.67 bits per heavy atom. The largest absolute Gasteiger partial charge is 0.384 e. The molecule has 86 valence electrons. The molecule has 1 fully saturated rings. The number of sulfonamides is 1. The fourth-order valence-corrected chi connectivity index (χ4v) is 1.50. The Balaban J connectivity index is 2.96. The predicted octanol–water partition coefficient (Wildman–Crippen LogP) is -0.466. The van der Waals surface area contributed by atoms with E-state index in [-0.39, 0.29) is 0 Å². The monoisotopic (exact) mass is 233 g/mol. The van der Waals surface area contributed by atoms with Gasteiger partial charge in [0, 0.05) is 12.2 Å².